The van der Waals surface area contributed by atoms with Crippen LogP contribution in [-0.4, -0.2) is 22.4 Å². The Hall–Kier alpha value is 0.224. The molecular formula is C7H15F3Si2. The van der Waals surface area contributed by atoms with Gasteiger partial charge in [-0.05, 0) is 0 Å². The molecule has 0 N–H and O–H groups in total. The van der Waals surface area contributed by atoms with Crippen molar-refractivity contribution in [2.75, 3.05) is 0 Å². The molecule has 0 aliphatic carbocycles. The van der Waals surface area contributed by atoms with Crippen molar-refractivity contribution in [1.82, 2.24) is 0 Å². The van der Waals surface area contributed by atoms with Crippen molar-refractivity contribution in [1.29, 1.82) is 0 Å². The first kappa shape index (κ1) is 12.2. The lowest BCUT2D eigenvalue weighted by molar-refractivity contribution is -0.0449. The summed E-state index contributed by atoms with van der Waals surface area (Å²) in [6, 6.07) is 2.29. The second-order valence-electron chi connectivity index (χ2n) is 2.96. The summed E-state index contributed by atoms with van der Waals surface area (Å²) in [5.41, 5.74) is 0. The molecule has 2 radical (unpaired) electrons. The summed E-state index contributed by atoms with van der Waals surface area (Å²) in [6.45, 7) is 5.70. The summed E-state index contributed by atoms with van der Waals surface area (Å²) < 4.78 is 36.5. The summed E-state index contributed by atoms with van der Waals surface area (Å²) in [5, 5.41) is 0. The van der Waals surface area contributed by atoms with E-state index in [0.29, 0.717) is 0 Å². The zero-order chi connectivity index (χ0) is 9.83. The maximum Gasteiger partial charge on any atom is 0.354 e. The molecule has 0 saturated carbocycles. The standard InChI is InChI=1S/C7H15F3Si2/c1-4-12(5-2,6-3)11-7(8,9)10/h4-6H2,1-3H3. The summed E-state index contributed by atoms with van der Waals surface area (Å²) in [7, 11) is -2.71. The Morgan fingerprint density at radius 3 is 1.42 bits per heavy atom. The number of halogens is 3. The maximum absolute atomic E-state index is 12.2. The van der Waals surface area contributed by atoms with E-state index in [4.69, 9.17) is 0 Å². The van der Waals surface area contributed by atoms with Crippen molar-refractivity contribution in [2.45, 2.75) is 44.7 Å². The third-order valence-electron chi connectivity index (χ3n) is 2.44. The lowest BCUT2D eigenvalue weighted by atomic mass is 10.9. The van der Waals surface area contributed by atoms with Crippen LogP contribution in [-0.2, 0) is 0 Å². The molecule has 0 fully saturated rings. The van der Waals surface area contributed by atoms with Crippen LogP contribution in [0.1, 0.15) is 20.8 Å². The molecule has 72 valence electrons. The minimum Gasteiger partial charge on any atom is -0.178 e. The fourth-order valence-corrected chi connectivity index (χ4v) is 7.34. The Morgan fingerprint density at radius 1 is 1.00 bits per heavy atom. The molecule has 5 heteroatoms. The first-order valence-electron chi connectivity index (χ1n) is 4.25. The Labute approximate surface area is 75.2 Å². The topological polar surface area (TPSA) is 0 Å². The van der Waals surface area contributed by atoms with Crippen LogP contribution in [0.25, 0.3) is 0 Å². The number of hydrogen-bond acceptors (Lipinski definition) is 0. The summed E-state index contributed by atoms with van der Waals surface area (Å²) >= 11 is 0. The van der Waals surface area contributed by atoms with E-state index in [-0.39, 0.29) is 0 Å². The number of alkyl halides is 3. The predicted molar refractivity (Wildman–Crippen MR) is 49.0 cm³/mol. The maximum atomic E-state index is 12.2. The monoisotopic (exact) mass is 212 g/mol. The van der Waals surface area contributed by atoms with Crippen molar-refractivity contribution in [3.05, 3.63) is 0 Å². The highest BCUT2D eigenvalue weighted by Crippen LogP contribution is 2.26. The van der Waals surface area contributed by atoms with Gasteiger partial charge in [0.25, 0.3) is 0 Å². The van der Waals surface area contributed by atoms with Crippen molar-refractivity contribution < 1.29 is 13.2 Å². The predicted octanol–water partition coefficient (Wildman–Crippen LogP) is 3.22. The second kappa shape index (κ2) is 4.46. The van der Waals surface area contributed by atoms with E-state index in [0.717, 1.165) is 18.1 Å². The Bertz CT molecular complexity index is 121. The fourth-order valence-electron chi connectivity index (χ4n) is 1.32. The molecule has 0 rings (SSSR count). The zero-order valence-electron chi connectivity index (χ0n) is 7.76. The molecule has 0 nitrogen and oxygen atoms in total. The van der Waals surface area contributed by atoms with Crippen LogP contribution in [0.4, 0.5) is 13.2 Å². The lowest BCUT2D eigenvalue weighted by Gasteiger charge is -2.27. The van der Waals surface area contributed by atoms with Gasteiger partial charge in [-0.2, -0.15) is 13.2 Å². The van der Waals surface area contributed by atoms with Gasteiger partial charge in [0, 0.05) is 0 Å². The summed E-state index contributed by atoms with van der Waals surface area (Å²) in [6.07, 6.45) is 0. The van der Waals surface area contributed by atoms with E-state index in [9.17, 15) is 13.2 Å². The largest absolute Gasteiger partial charge is 0.354 e. The van der Waals surface area contributed by atoms with Crippen LogP contribution >= 0.6 is 0 Å². The van der Waals surface area contributed by atoms with Crippen molar-refractivity contribution in [3.8, 4) is 0 Å². The molecule has 0 amide bonds. The molecule has 0 spiro atoms. The quantitative estimate of drug-likeness (QED) is 0.628. The van der Waals surface area contributed by atoms with Gasteiger partial charge in [-0.3, -0.25) is 0 Å². The van der Waals surface area contributed by atoms with Crippen LogP contribution in [0.15, 0.2) is 0 Å². The van der Waals surface area contributed by atoms with Gasteiger partial charge in [0.2, 0.25) is 0 Å². The molecule has 0 aromatic heterocycles. The highest BCUT2D eigenvalue weighted by Gasteiger charge is 2.41. The van der Waals surface area contributed by atoms with E-state index in [1.165, 1.54) is 0 Å². The van der Waals surface area contributed by atoms with Crippen LogP contribution in [0.2, 0.25) is 18.1 Å². The molecule has 0 aromatic rings. The molecule has 0 aromatic carbocycles. The van der Waals surface area contributed by atoms with Crippen molar-refractivity contribution in [3.63, 3.8) is 0 Å². The fraction of sp³-hybridized carbons (Fsp3) is 1.00. The molecular weight excluding hydrogens is 197 g/mol. The van der Waals surface area contributed by atoms with E-state index in [1.54, 1.807) is 0 Å². The van der Waals surface area contributed by atoms with Crippen LogP contribution in [0.5, 0.6) is 0 Å². The van der Waals surface area contributed by atoms with Gasteiger partial charge in [-0.15, -0.1) is 0 Å². The van der Waals surface area contributed by atoms with Crippen LogP contribution in [0.3, 0.4) is 0 Å². The lowest BCUT2D eigenvalue weighted by Crippen LogP contribution is -2.47. The SMILES string of the molecule is CC[Si](CC)(CC)[Si]C(F)(F)F. The zero-order valence-corrected chi connectivity index (χ0v) is 9.76. The van der Waals surface area contributed by atoms with E-state index < -0.39 is 22.4 Å². The van der Waals surface area contributed by atoms with Gasteiger partial charge < -0.3 is 0 Å². The van der Waals surface area contributed by atoms with E-state index in [2.05, 4.69) is 0 Å². The van der Waals surface area contributed by atoms with Crippen LogP contribution in [0, 0.1) is 0 Å². The average Bonchev–Trinajstić information content (AvgIpc) is 1.99. The van der Waals surface area contributed by atoms with Gasteiger partial charge in [0.15, 0.2) is 9.04 Å². The molecule has 0 bridgehead atoms. The molecule has 12 heavy (non-hydrogen) atoms. The van der Waals surface area contributed by atoms with Crippen LogP contribution < -0.4 is 0 Å². The smallest absolute Gasteiger partial charge is 0.178 e. The second-order valence-corrected chi connectivity index (χ2v) is 12.4. The summed E-state index contributed by atoms with van der Waals surface area (Å²) in [4.78, 5) is 0. The number of hydrogen-bond donors (Lipinski definition) is 0. The highest BCUT2D eigenvalue weighted by molar-refractivity contribution is 7.25. The molecule has 0 aliphatic heterocycles. The molecule has 0 aliphatic rings. The molecule has 0 unspecified atom stereocenters. The van der Waals surface area contributed by atoms with Gasteiger partial charge in [0.1, 0.15) is 0 Å². The van der Waals surface area contributed by atoms with E-state index >= 15 is 0 Å². The van der Waals surface area contributed by atoms with Gasteiger partial charge in [-0.25, -0.2) is 0 Å². The average molecular weight is 212 g/mol. The van der Waals surface area contributed by atoms with Gasteiger partial charge in [-0.1, -0.05) is 38.9 Å². The highest BCUT2D eigenvalue weighted by atomic mass is 29.2. The van der Waals surface area contributed by atoms with Gasteiger partial charge >= 0.3 is 5.80 Å². The van der Waals surface area contributed by atoms with Crippen molar-refractivity contribution in [2.24, 2.45) is 0 Å². The molecule has 0 atom stereocenters. The Balaban J connectivity index is 4.30. The van der Waals surface area contributed by atoms with E-state index in [1.807, 2.05) is 20.8 Å². The molecule has 0 heterocycles. The third kappa shape index (κ3) is 3.75. The summed E-state index contributed by atoms with van der Waals surface area (Å²) in [5.74, 6) is -3.92. The Morgan fingerprint density at radius 2 is 1.33 bits per heavy atom. The normalized spacial score (nSPS) is 13.5. The first-order valence-corrected chi connectivity index (χ1v) is 8.87. The van der Waals surface area contributed by atoms with Crippen molar-refractivity contribution >= 4 is 16.6 Å². The first-order chi connectivity index (χ1) is 5.39. The number of rotatable bonds is 4. The Kier molecular flexibility index (Phi) is 4.54. The minimum absolute atomic E-state index is 0.758. The minimum atomic E-state index is -3.92. The third-order valence-corrected chi connectivity index (χ3v) is 12.9. The van der Waals surface area contributed by atoms with Gasteiger partial charge in [0.05, 0.1) is 7.59 Å². The molecule has 0 saturated heterocycles.